The zero-order valence-corrected chi connectivity index (χ0v) is 10.3. The Kier molecular flexibility index (Phi) is 5.37. The smallest absolute Gasteiger partial charge is 0.307 e. The van der Waals surface area contributed by atoms with Crippen molar-refractivity contribution < 1.29 is 19.4 Å². The van der Waals surface area contributed by atoms with Gasteiger partial charge in [-0.25, -0.2) is 0 Å². The monoisotopic (exact) mass is 244 g/mol. The Balaban J connectivity index is 1.97. The molecule has 6 nitrogen and oxygen atoms in total. The highest BCUT2D eigenvalue weighted by atomic mass is 16.5. The standard InChI is InChI=1S/C11H20N2O4/c1-13(2)4-6-17-5-3-12-10(14)8-7-9(8)11(15)16/h8-9H,3-7H2,1-2H3,(H,12,14)(H,15,16)/t8-,9+/m1/s1. The lowest BCUT2D eigenvalue weighted by Gasteiger charge is -2.10. The van der Waals surface area contributed by atoms with Gasteiger partial charge in [-0.05, 0) is 20.5 Å². The van der Waals surface area contributed by atoms with Crippen LogP contribution in [0.5, 0.6) is 0 Å². The third-order valence-electron chi connectivity index (χ3n) is 2.67. The van der Waals surface area contributed by atoms with Crippen LogP contribution < -0.4 is 5.32 Å². The molecule has 98 valence electrons. The summed E-state index contributed by atoms with van der Waals surface area (Å²) in [6.45, 7) is 2.38. The maximum atomic E-state index is 11.4. The van der Waals surface area contributed by atoms with Crippen LogP contribution in [0.4, 0.5) is 0 Å². The Morgan fingerprint density at radius 2 is 2.06 bits per heavy atom. The molecule has 0 unspecified atom stereocenters. The quantitative estimate of drug-likeness (QED) is 0.557. The molecule has 1 aliphatic rings. The molecular formula is C11H20N2O4. The first-order valence-electron chi connectivity index (χ1n) is 5.75. The largest absolute Gasteiger partial charge is 0.481 e. The van der Waals surface area contributed by atoms with Gasteiger partial charge >= 0.3 is 5.97 Å². The van der Waals surface area contributed by atoms with Crippen molar-refractivity contribution in [3.05, 3.63) is 0 Å². The molecule has 0 spiro atoms. The molecule has 0 aromatic rings. The molecule has 2 atom stereocenters. The Morgan fingerprint density at radius 3 is 2.59 bits per heavy atom. The highest BCUT2D eigenvalue weighted by Gasteiger charge is 2.48. The van der Waals surface area contributed by atoms with Crippen molar-refractivity contribution in [2.45, 2.75) is 6.42 Å². The normalized spacial score (nSPS) is 22.5. The Bertz CT molecular complexity index is 281. The lowest BCUT2D eigenvalue weighted by atomic mass is 10.3. The van der Waals surface area contributed by atoms with Gasteiger partial charge in [-0.15, -0.1) is 0 Å². The number of ether oxygens (including phenoxy) is 1. The maximum Gasteiger partial charge on any atom is 0.307 e. The van der Waals surface area contributed by atoms with Gasteiger partial charge in [0.25, 0.3) is 0 Å². The Hall–Kier alpha value is -1.14. The third-order valence-corrected chi connectivity index (χ3v) is 2.67. The maximum absolute atomic E-state index is 11.4. The van der Waals surface area contributed by atoms with Gasteiger partial charge in [-0.1, -0.05) is 0 Å². The first-order chi connectivity index (χ1) is 8.02. The summed E-state index contributed by atoms with van der Waals surface area (Å²) in [5, 5.41) is 11.3. The van der Waals surface area contributed by atoms with E-state index < -0.39 is 11.9 Å². The third kappa shape index (κ3) is 5.14. The number of carbonyl (C=O) groups excluding carboxylic acids is 1. The molecule has 0 aromatic heterocycles. The van der Waals surface area contributed by atoms with Crippen molar-refractivity contribution in [1.29, 1.82) is 0 Å². The fraction of sp³-hybridized carbons (Fsp3) is 0.818. The molecule has 0 heterocycles. The zero-order chi connectivity index (χ0) is 12.8. The van der Waals surface area contributed by atoms with Crippen LogP contribution in [-0.2, 0) is 14.3 Å². The van der Waals surface area contributed by atoms with Crippen LogP contribution in [0.15, 0.2) is 0 Å². The van der Waals surface area contributed by atoms with Gasteiger partial charge in [0, 0.05) is 13.1 Å². The van der Waals surface area contributed by atoms with E-state index >= 15 is 0 Å². The summed E-state index contributed by atoms with van der Waals surface area (Å²) < 4.78 is 5.30. The van der Waals surface area contributed by atoms with Crippen LogP contribution in [0.1, 0.15) is 6.42 Å². The van der Waals surface area contributed by atoms with Crippen molar-refractivity contribution >= 4 is 11.9 Å². The second kappa shape index (κ2) is 6.56. The number of nitrogens with one attached hydrogen (secondary N) is 1. The van der Waals surface area contributed by atoms with Gasteiger partial charge in [0.1, 0.15) is 0 Å². The molecule has 0 aliphatic heterocycles. The summed E-state index contributed by atoms with van der Waals surface area (Å²) in [5.41, 5.74) is 0. The first kappa shape index (κ1) is 13.9. The van der Waals surface area contributed by atoms with E-state index in [0.29, 0.717) is 26.2 Å². The first-order valence-corrected chi connectivity index (χ1v) is 5.75. The SMILES string of the molecule is CN(C)CCOCCNC(=O)[C@@H]1C[C@@H]1C(=O)O. The molecule has 1 saturated carbocycles. The second-order valence-corrected chi connectivity index (χ2v) is 4.49. The van der Waals surface area contributed by atoms with Crippen LogP contribution in [-0.4, -0.2) is 62.3 Å². The molecule has 1 fully saturated rings. The number of hydrogen-bond acceptors (Lipinski definition) is 4. The van der Waals surface area contributed by atoms with Gasteiger partial charge in [0.05, 0.1) is 25.0 Å². The summed E-state index contributed by atoms with van der Waals surface area (Å²) in [5.74, 6) is -1.88. The summed E-state index contributed by atoms with van der Waals surface area (Å²) in [4.78, 5) is 24.0. The van der Waals surface area contributed by atoms with Gasteiger partial charge in [-0.3, -0.25) is 9.59 Å². The number of carbonyl (C=O) groups is 2. The summed E-state index contributed by atoms with van der Waals surface area (Å²) in [6.07, 6.45) is 0.461. The number of carboxylic acid groups (broad SMARTS) is 1. The zero-order valence-electron chi connectivity index (χ0n) is 10.3. The van der Waals surface area contributed by atoms with E-state index in [4.69, 9.17) is 9.84 Å². The van der Waals surface area contributed by atoms with Crippen molar-refractivity contribution in [3.8, 4) is 0 Å². The summed E-state index contributed by atoms with van der Waals surface area (Å²) >= 11 is 0. The molecular weight excluding hydrogens is 224 g/mol. The van der Waals surface area contributed by atoms with E-state index in [-0.39, 0.29) is 11.8 Å². The number of rotatable bonds is 8. The predicted molar refractivity (Wildman–Crippen MR) is 61.6 cm³/mol. The highest BCUT2D eigenvalue weighted by Crippen LogP contribution is 2.38. The van der Waals surface area contributed by atoms with Crippen molar-refractivity contribution in [2.24, 2.45) is 11.8 Å². The molecule has 1 amide bonds. The fourth-order valence-corrected chi connectivity index (χ4v) is 1.48. The van der Waals surface area contributed by atoms with E-state index in [1.54, 1.807) is 0 Å². The molecule has 0 aromatic carbocycles. The van der Waals surface area contributed by atoms with Crippen LogP contribution in [0.3, 0.4) is 0 Å². The minimum Gasteiger partial charge on any atom is -0.481 e. The number of amides is 1. The van der Waals surface area contributed by atoms with Crippen LogP contribution in [0.25, 0.3) is 0 Å². The minimum absolute atomic E-state index is 0.173. The topological polar surface area (TPSA) is 78.9 Å². The summed E-state index contributed by atoms with van der Waals surface area (Å²) in [7, 11) is 3.93. The average molecular weight is 244 g/mol. The summed E-state index contributed by atoms with van der Waals surface area (Å²) in [6, 6.07) is 0. The fourth-order valence-electron chi connectivity index (χ4n) is 1.48. The number of nitrogens with zero attached hydrogens (tertiary/aromatic N) is 1. The molecule has 1 rings (SSSR count). The van der Waals surface area contributed by atoms with Gasteiger partial charge in [0.15, 0.2) is 0 Å². The van der Waals surface area contributed by atoms with Crippen molar-refractivity contribution in [1.82, 2.24) is 10.2 Å². The molecule has 0 radical (unpaired) electrons. The van der Waals surface area contributed by atoms with Gasteiger partial charge in [-0.2, -0.15) is 0 Å². The van der Waals surface area contributed by atoms with E-state index in [2.05, 4.69) is 5.32 Å². The molecule has 17 heavy (non-hydrogen) atoms. The predicted octanol–water partition coefficient (Wildman–Crippen LogP) is -0.598. The Morgan fingerprint density at radius 1 is 1.35 bits per heavy atom. The van der Waals surface area contributed by atoms with Gasteiger partial charge < -0.3 is 20.1 Å². The highest BCUT2D eigenvalue weighted by molar-refractivity contribution is 5.89. The van der Waals surface area contributed by atoms with Crippen LogP contribution in [0.2, 0.25) is 0 Å². The van der Waals surface area contributed by atoms with Crippen molar-refractivity contribution in [3.63, 3.8) is 0 Å². The van der Waals surface area contributed by atoms with Crippen LogP contribution >= 0.6 is 0 Å². The van der Waals surface area contributed by atoms with Crippen LogP contribution in [0, 0.1) is 11.8 Å². The van der Waals surface area contributed by atoms with Crippen molar-refractivity contribution in [2.75, 3.05) is 40.4 Å². The van der Waals surface area contributed by atoms with E-state index in [9.17, 15) is 9.59 Å². The second-order valence-electron chi connectivity index (χ2n) is 4.49. The number of hydrogen-bond donors (Lipinski definition) is 2. The van der Waals surface area contributed by atoms with E-state index in [1.807, 2.05) is 19.0 Å². The van der Waals surface area contributed by atoms with E-state index in [1.165, 1.54) is 0 Å². The molecule has 0 saturated heterocycles. The number of aliphatic carboxylic acids is 1. The number of likely N-dealkylation sites (N-methyl/N-ethyl adjacent to an activating group) is 1. The lowest BCUT2D eigenvalue weighted by Crippen LogP contribution is -2.30. The Labute approximate surface area is 101 Å². The minimum atomic E-state index is -0.882. The molecule has 2 N–H and O–H groups in total. The van der Waals surface area contributed by atoms with Gasteiger partial charge in [0.2, 0.25) is 5.91 Å². The average Bonchev–Trinajstić information content (AvgIpc) is 3.02. The molecule has 0 bridgehead atoms. The molecule has 1 aliphatic carbocycles. The molecule has 6 heteroatoms. The van der Waals surface area contributed by atoms with E-state index in [0.717, 1.165) is 6.54 Å². The number of carboxylic acids is 1. The lowest BCUT2D eigenvalue weighted by molar-refractivity contribution is -0.140.